The highest BCUT2D eigenvalue weighted by Gasteiger charge is 2.20. The zero-order valence-corrected chi connectivity index (χ0v) is 14.8. The lowest BCUT2D eigenvalue weighted by molar-refractivity contribution is -0.130. The molecule has 1 saturated heterocycles. The zero-order chi connectivity index (χ0) is 16.1. The first-order chi connectivity index (χ1) is 11.3. The van der Waals surface area contributed by atoms with Crippen molar-refractivity contribution in [2.75, 3.05) is 33.5 Å². The number of carbonyl (C=O) groups excluding carboxylic acids is 1. The van der Waals surface area contributed by atoms with E-state index < -0.39 is 0 Å². The highest BCUT2D eigenvalue weighted by Crippen LogP contribution is 2.41. The lowest BCUT2D eigenvalue weighted by atomic mass is 10.2. The summed E-state index contributed by atoms with van der Waals surface area (Å²) in [7, 11) is 1.62. The summed E-state index contributed by atoms with van der Waals surface area (Å²) in [6.07, 6.45) is 4.00. The van der Waals surface area contributed by atoms with E-state index in [9.17, 15) is 4.79 Å². The van der Waals surface area contributed by atoms with Crippen molar-refractivity contribution >= 4 is 18.3 Å². The van der Waals surface area contributed by atoms with Gasteiger partial charge in [-0.15, -0.1) is 12.4 Å². The molecular weight excluding hydrogens is 332 g/mol. The van der Waals surface area contributed by atoms with Crippen LogP contribution in [0.3, 0.4) is 0 Å². The molecule has 0 bridgehead atoms. The number of nitrogens with zero attached hydrogens (tertiary/aromatic N) is 1. The first-order valence-electron chi connectivity index (χ1n) is 8.23. The van der Waals surface area contributed by atoms with Gasteiger partial charge >= 0.3 is 0 Å². The number of likely N-dealkylation sites (tertiary alicyclic amines) is 1. The molecule has 1 N–H and O–H groups in total. The van der Waals surface area contributed by atoms with Crippen LogP contribution in [0.4, 0.5) is 0 Å². The summed E-state index contributed by atoms with van der Waals surface area (Å²) in [5.41, 5.74) is 1.08. The second kappa shape index (κ2) is 8.99. The third kappa shape index (κ3) is 4.45. The third-order valence-corrected chi connectivity index (χ3v) is 4.28. The number of hydrogen-bond acceptors (Lipinski definition) is 5. The molecule has 1 aromatic rings. The summed E-state index contributed by atoms with van der Waals surface area (Å²) in [4.78, 5) is 13.9. The van der Waals surface area contributed by atoms with E-state index in [1.54, 1.807) is 7.11 Å². The quantitative estimate of drug-likeness (QED) is 0.793. The molecule has 0 aliphatic carbocycles. The van der Waals surface area contributed by atoms with Crippen LogP contribution in [0.15, 0.2) is 12.1 Å². The van der Waals surface area contributed by atoms with E-state index in [0.717, 1.165) is 50.2 Å². The van der Waals surface area contributed by atoms with Gasteiger partial charge in [0, 0.05) is 32.6 Å². The average molecular weight is 357 g/mol. The molecular formula is C17H25ClN2O4. The molecule has 0 radical (unpaired) electrons. The average Bonchev–Trinajstić information content (AvgIpc) is 2.94. The van der Waals surface area contributed by atoms with Crippen LogP contribution < -0.4 is 19.5 Å². The molecule has 24 heavy (non-hydrogen) atoms. The summed E-state index contributed by atoms with van der Waals surface area (Å²) in [6.45, 7) is 3.37. The maximum absolute atomic E-state index is 11.9. The predicted octanol–water partition coefficient (Wildman–Crippen LogP) is 2.34. The lowest BCUT2D eigenvalue weighted by Crippen LogP contribution is -2.36. The van der Waals surface area contributed by atoms with Crippen LogP contribution in [0, 0.1) is 0 Å². The largest absolute Gasteiger partial charge is 0.493 e. The van der Waals surface area contributed by atoms with Crippen LogP contribution in [0.25, 0.3) is 0 Å². The highest BCUT2D eigenvalue weighted by atomic mass is 35.5. The van der Waals surface area contributed by atoms with Crippen LogP contribution in [0.2, 0.25) is 0 Å². The van der Waals surface area contributed by atoms with Gasteiger partial charge in [-0.3, -0.25) is 4.79 Å². The molecule has 2 aliphatic rings. The Morgan fingerprint density at radius 2 is 2.12 bits per heavy atom. The first kappa shape index (κ1) is 18.7. The number of fused-ring (bicyclic) bond motifs is 1. The van der Waals surface area contributed by atoms with Gasteiger partial charge in [0.25, 0.3) is 0 Å². The predicted molar refractivity (Wildman–Crippen MR) is 93.1 cm³/mol. The highest BCUT2D eigenvalue weighted by molar-refractivity contribution is 5.85. The Hall–Kier alpha value is -1.66. The Labute approximate surface area is 148 Å². The molecule has 0 aromatic heterocycles. The molecule has 7 heteroatoms. The van der Waals surface area contributed by atoms with Crippen molar-refractivity contribution in [3.8, 4) is 17.2 Å². The molecule has 1 fully saturated rings. The van der Waals surface area contributed by atoms with Crippen LogP contribution in [0.1, 0.15) is 31.2 Å². The van der Waals surface area contributed by atoms with Gasteiger partial charge in [0.2, 0.25) is 18.4 Å². The van der Waals surface area contributed by atoms with E-state index in [0.29, 0.717) is 24.5 Å². The van der Waals surface area contributed by atoms with E-state index in [4.69, 9.17) is 14.2 Å². The van der Waals surface area contributed by atoms with Gasteiger partial charge in [0.1, 0.15) is 0 Å². The summed E-state index contributed by atoms with van der Waals surface area (Å²) < 4.78 is 16.2. The fourth-order valence-electron chi connectivity index (χ4n) is 3.01. The second-order valence-corrected chi connectivity index (χ2v) is 5.90. The third-order valence-electron chi connectivity index (χ3n) is 4.28. The van der Waals surface area contributed by atoms with Gasteiger partial charge in [-0.1, -0.05) is 6.42 Å². The summed E-state index contributed by atoms with van der Waals surface area (Å²) in [5, 5.41) is 3.39. The minimum Gasteiger partial charge on any atom is -0.493 e. The number of hydrogen-bond donors (Lipinski definition) is 1. The minimum absolute atomic E-state index is 0. The van der Waals surface area contributed by atoms with E-state index in [2.05, 4.69) is 5.32 Å². The SMILES string of the molecule is COc1cc(CNCCN2CCCCCC2=O)cc2c1OCO2.Cl. The minimum atomic E-state index is 0. The summed E-state index contributed by atoms with van der Waals surface area (Å²) in [6, 6.07) is 3.92. The van der Waals surface area contributed by atoms with Gasteiger partial charge in [-0.05, 0) is 30.5 Å². The molecule has 3 rings (SSSR count). The number of benzene rings is 1. The molecule has 0 unspecified atom stereocenters. The summed E-state index contributed by atoms with van der Waals surface area (Å²) in [5.74, 6) is 2.38. The maximum Gasteiger partial charge on any atom is 0.231 e. The van der Waals surface area contributed by atoms with Crippen LogP contribution in [-0.2, 0) is 11.3 Å². The standard InChI is InChI=1S/C17H24N2O4.ClH/c1-21-14-9-13(10-15-17(14)23-12-22-15)11-18-6-8-19-7-4-2-3-5-16(19)20;/h9-10,18H,2-8,11-12H2,1H3;1H. The number of methoxy groups -OCH3 is 1. The number of halogens is 1. The molecule has 134 valence electrons. The van der Waals surface area contributed by atoms with Crippen molar-refractivity contribution < 1.29 is 19.0 Å². The fourth-order valence-corrected chi connectivity index (χ4v) is 3.01. The number of rotatable bonds is 6. The molecule has 6 nitrogen and oxygen atoms in total. The lowest BCUT2D eigenvalue weighted by Gasteiger charge is -2.20. The molecule has 2 aliphatic heterocycles. The smallest absolute Gasteiger partial charge is 0.231 e. The second-order valence-electron chi connectivity index (χ2n) is 5.90. The number of nitrogens with one attached hydrogen (secondary N) is 1. The van der Waals surface area contributed by atoms with E-state index in [1.807, 2.05) is 17.0 Å². The number of ether oxygens (including phenoxy) is 3. The van der Waals surface area contributed by atoms with Gasteiger partial charge < -0.3 is 24.4 Å². The topological polar surface area (TPSA) is 60.0 Å². The Morgan fingerprint density at radius 1 is 1.25 bits per heavy atom. The maximum atomic E-state index is 11.9. The monoisotopic (exact) mass is 356 g/mol. The van der Waals surface area contributed by atoms with Gasteiger partial charge in [-0.2, -0.15) is 0 Å². The van der Waals surface area contributed by atoms with Crippen molar-refractivity contribution in [2.45, 2.75) is 32.2 Å². The van der Waals surface area contributed by atoms with E-state index in [-0.39, 0.29) is 25.1 Å². The van der Waals surface area contributed by atoms with Gasteiger partial charge in [0.05, 0.1) is 7.11 Å². The van der Waals surface area contributed by atoms with Crippen molar-refractivity contribution in [3.05, 3.63) is 17.7 Å². The van der Waals surface area contributed by atoms with Crippen molar-refractivity contribution in [1.82, 2.24) is 10.2 Å². The molecule has 0 saturated carbocycles. The number of carbonyl (C=O) groups is 1. The van der Waals surface area contributed by atoms with Crippen LogP contribution in [-0.4, -0.2) is 44.3 Å². The van der Waals surface area contributed by atoms with Crippen LogP contribution >= 0.6 is 12.4 Å². The normalized spacial score (nSPS) is 16.5. The Kier molecular flexibility index (Phi) is 6.99. The fraction of sp³-hybridized carbons (Fsp3) is 0.588. The molecule has 1 aromatic carbocycles. The molecule has 0 atom stereocenters. The van der Waals surface area contributed by atoms with Crippen molar-refractivity contribution in [1.29, 1.82) is 0 Å². The Morgan fingerprint density at radius 3 is 2.96 bits per heavy atom. The van der Waals surface area contributed by atoms with Crippen LogP contribution in [0.5, 0.6) is 17.2 Å². The summed E-state index contributed by atoms with van der Waals surface area (Å²) >= 11 is 0. The van der Waals surface area contributed by atoms with Crippen molar-refractivity contribution in [2.24, 2.45) is 0 Å². The molecule has 2 heterocycles. The molecule has 1 amide bonds. The number of amides is 1. The van der Waals surface area contributed by atoms with E-state index >= 15 is 0 Å². The first-order valence-corrected chi connectivity index (χ1v) is 8.23. The zero-order valence-electron chi connectivity index (χ0n) is 14.0. The van der Waals surface area contributed by atoms with Crippen molar-refractivity contribution in [3.63, 3.8) is 0 Å². The van der Waals surface area contributed by atoms with E-state index in [1.165, 1.54) is 0 Å². The Bertz CT molecular complexity index is 568. The molecule has 0 spiro atoms. The van der Waals surface area contributed by atoms with Gasteiger partial charge in [-0.25, -0.2) is 0 Å². The van der Waals surface area contributed by atoms with Gasteiger partial charge in [0.15, 0.2) is 11.5 Å². The Balaban J connectivity index is 0.00000208.